The number of hydrogen-bond acceptors (Lipinski definition) is 7. The number of nitrogens with one attached hydrogen (secondary N) is 1. The fourth-order valence-corrected chi connectivity index (χ4v) is 6.06. The largest absolute Gasteiger partial charge is 0.455 e. The Hall–Kier alpha value is -4.61. The Morgan fingerprint density at radius 2 is 1.71 bits per heavy atom. The Bertz CT molecular complexity index is 2040. The van der Waals surface area contributed by atoms with Gasteiger partial charge >= 0.3 is 0 Å². The van der Waals surface area contributed by atoms with Gasteiger partial charge < -0.3 is 9.73 Å². The number of pyridine rings is 1. The van der Waals surface area contributed by atoms with Gasteiger partial charge in [0.25, 0.3) is 5.91 Å². The predicted octanol–water partition coefficient (Wildman–Crippen LogP) is 6.33. The van der Waals surface area contributed by atoms with Crippen molar-refractivity contribution < 1.29 is 22.0 Å². The second-order valence-corrected chi connectivity index (χ2v) is 12.4. The van der Waals surface area contributed by atoms with Crippen molar-refractivity contribution in [2.45, 2.75) is 0 Å². The zero-order chi connectivity index (χ0) is 28.9. The summed E-state index contributed by atoms with van der Waals surface area (Å²) in [5.41, 5.74) is 3.80. The molecule has 3 aromatic heterocycles. The molecule has 0 fully saturated rings. The lowest BCUT2D eigenvalue weighted by Crippen LogP contribution is -2.25. The smallest absolute Gasteiger partial charge is 0.255 e. The van der Waals surface area contributed by atoms with Crippen LogP contribution in [0.25, 0.3) is 54.5 Å². The van der Waals surface area contributed by atoms with E-state index in [-0.39, 0.29) is 11.3 Å². The SMILES string of the molecule is CNC(=O)c1c(-c2ccc(F)cc2)oc2cc(N(C)S(C)(=O)=O)c(-c3cccc(-c4nc5ccccc5s4)n3)cc12. The molecule has 41 heavy (non-hydrogen) atoms. The van der Waals surface area contributed by atoms with Gasteiger partial charge in [0, 0.05) is 36.7 Å². The summed E-state index contributed by atoms with van der Waals surface area (Å²) in [6, 6.07) is 22.1. The molecule has 0 unspecified atom stereocenters. The van der Waals surface area contributed by atoms with E-state index in [9.17, 15) is 17.6 Å². The molecule has 1 amide bonds. The average molecular weight is 587 g/mol. The second-order valence-electron chi connectivity index (χ2n) is 9.38. The molecule has 1 N–H and O–H groups in total. The van der Waals surface area contributed by atoms with Crippen molar-refractivity contribution in [1.29, 1.82) is 0 Å². The van der Waals surface area contributed by atoms with Crippen molar-refractivity contribution in [3.63, 3.8) is 0 Å². The van der Waals surface area contributed by atoms with E-state index in [2.05, 4.69) is 5.32 Å². The Kier molecular flexibility index (Phi) is 6.55. The molecule has 0 radical (unpaired) electrons. The Labute approximate surface area is 239 Å². The standard InChI is InChI=1S/C30H23FN4O4S2/c1-32-29(36)27-20-15-19(21-8-6-9-23(33-21)30-34-22-7-4-5-10-26(22)40-30)24(35(2)41(3,37)38)16-25(20)39-28(27)17-11-13-18(31)14-12-17/h4-16H,1-3H3,(H,32,36). The van der Waals surface area contributed by atoms with Crippen LogP contribution in [0.4, 0.5) is 10.1 Å². The van der Waals surface area contributed by atoms with E-state index >= 15 is 0 Å². The number of anilines is 1. The minimum absolute atomic E-state index is 0.237. The van der Waals surface area contributed by atoms with Gasteiger partial charge in [0.1, 0.15) is 22.2 Å². The number of amides is 1. The van der Waals surface area contributed by atoms with E-state index in [1.54, 1.807) is 18.2 Å². The molecule has 11 heteroatoms. The molecule has 206 valence electrons. The molecule has 0 saturated heterocycles. The van der Waals surface area contributed by atoms with Gasteiger partial charge in [0.15, 0.2) is 0 Å². The number of fused-ring (bicyclic) bond motifs is 2. The summed E-state index contributed by atoms with van der Waals surface area (Å²) in [6.45, 7) is 0. The van der Waals surface area contributed by atoms with Crippen molar-refractivity contribution in [3.8, 4) is 33.3 Å². The maximum absolute atomic E-state index is 13.7. The number of halogens is 1. The van der Waals surface area contributed by atoms with E-state index < -0.39 is 21.7 Å². The van der Waals surface area contributed by atoms with Gasteiger partial charge in [-0.2, -0.15) is 0 Å². The van der Waals surface area contributed by atoms with Crippen LogP contribution in [0.2, 0.25) is 0 Å². The van der Waals surface area contributed by atoms with Gasteiger partial charge in [-0.05, 0) is 54.6 Å². The molecule has 0 aliphatic heterocycles. The van der Waals surface area contributed by atoms with Crippen molar-refractivity contribution in [2.75, 3.05) is 24.7 Å². The quantitative estimate of drug-likeness (QED) is 0.244. The first kappa shape index (κ1) is 26.6. The number of furan rings is 1. The predicted molar refractivity (Wildman–Crippen MR) is 160 cm³/mol. The van der Waals surface area contributed by atoms with E-state index in [1.807, 2.05) is 36.4 Å². The topological polar surface area (TPSA) is 105 Å². The highest BCUT2D eigenvalue weighted by molar-refractivity contribution is 7.92. The molecule has 8 nitrogen and oxygen atoms in total. The minimum Gasteiger partial charge on any atom is -0.455 e. The zero-order valence-corrected chi connectivity index (χ0v) is 23.8. The molecule has 0 bridgehead atoms. The third-order valence-electron chi connectivity index (χ3n) is 6.74. The lowest BCUT2D eigenvalue weighted by molar-refractivity contribution is 0.0964. The summed E-state index contributed by atoms with van der Waals surface area (Å²) >= 11 is 1.51. The summed E-state index contributed by atoms with van der Waals surface area (Å²) in [7, 11) is -0.733. The van der Waals surface area contributed by atoms with Crippen molar-refractivity contribution in [1.82, 2.24) is 15.3 Å². The van der Waals surface area contributed by atoms with Crippen LogP contribution in [0.1, 0.15) is 10.4 Å². The molecule has 0 aliphatic rings. The van der Waals surface area contributed by atoms with Crippen LogP contribution in [-0.4, -0.2) is 44.6 Å². The maximum Gasteiger partial charge on any atom is 0.255 e. The molecule has 0 saturated carbocycles. The number of nitrogens with zero attached hydrogens (tertiary/aromatic N) is 3. The van der Waals surface area contributed by atoms with Crippen molar-refractivity contribution >= 4 is 54.1 Å². The van der Waals surface area contributed by atoms with Gasteiger partial charge in [0.05, 0.1) is 39.1 Å². The Balaban J connectivity index is 1.61. The van der Waals surface area contributed by atoms with Gasteiger partial charge in [0.2, 0.25) is 10.0 Å². The molecule has 3 aromatic carbocycles. The van der Waals surface area contributed by atoms with E-state index in [4.69, 9.17) is 14.4 Å². The van der Waals surface area contributed by atoms with Gasteiger partial charge in [-0.3, -0.25) is 9.10 Å². The fraction of sp³-hybridized carbons (Fsp3) is 0.100. The number of carbonyl (C=O) groups is 1. The number of rotatable bonds is 6. The summed E-state index contributed by atoms with van der Waals surface area (Å²) in [5, 5.41) is 3.82. The molecular formula is C30H23FN4O4S2. The Morgan fingerprint density at radius 3 is 2.41 bits per heavy atom. The van der Waals surface area contributed by atoms with Crippen LogP contribution in [0.3, 0.4) is 0 Å². The molecular weight excluding hydrogens is 563 g/mol. The van der Waals surface area contributed by atoms with E-state index in [0.29, 0.717) is 39.2 Å². The highest BCUT2D eigenvalue weighted by Gasteiger charge is 2.26. The number of benzene rings is 3. The lowest BCUT2D eigenvalue weighted by atomic mass is 10.0. The Morgan fingerprint density at radius 1 is 0.976 bits per heavy atom. The van der Waals surface area contributed by atoms with Crippen LogP contribution >= 0.6 is 11.3 Å². The molecule has 0 spiro atoms. The first-order chi connectivity index (χ1) is 19.6. The van der Waals surface area contributed by atoms with Gasteiger partial charge in [-0.15, -0.1) is 11.3 Å². The van der Waals surface area contributed by atoms with Crippen LogP contribution < -0.4 is 9.62 Å². The van der Waals surface area contributed by atoms with Crippen LogP contribution in [0.5, 0.6) is 0 Å². The monoisotopic (exact) mass is 586 g/mol. The highest BCUT2D eigenvalue weighted by atomic mass is 32.2. The lowest BCUT2D eigenvalue weighted by Gasteiger charge is -2.20. The summed E-state index contributed by atoms with van der Waals surface area (Å²) < 4.78 is 47.3. The second kappa shape index (κ2) is 10.1. The minimum atomic E-state index is -3.68. The van der Waals surface area contributed by atoms with E-state index in [0.717, 1.165) is 25.8 Å². The first-order valence-electron chi connectivity index (χ1n) is 12.5. The molecule has 0 aliphatic carbocycles. The maximum atomic E-state index is 13.7. The van der Waals surface area contributed by atoms with Crippen LogP contribution in [0, 0.1) is 5.82 Å². The van der Waals surface area contributed by atoms with Crippen LogP contribution in [-0.2, 0) is 10.0 Å². The molecule has 3 heterocycles. The normalized spacial score (nSPS) is 11.7. The number of carbonyl (C=O) groups excluding carboxylic acids is 1. The number of hydrogen-bond donors (Lipinski definition) is 1. The summed E-state index contributed by atoms with van der Waals surface area (Å²) in [4.78, 5) is 22.7. The summed E-state index contributed by atoms with van der Waals surface area (Å²) in [5.74, 6) is -0.597. The zero-order valence-electron chi connectivity index (χ0n) is 22.2. The van der Waals surface area contributed by atoms with Crippen molar-refractivity contribution in [3.05, 3.63) is 90.2 Å². The van der Waals surface area contributed by atoms with Crippen molar-refractivity contribution in [2.24, 2.45) is 0 Å². The summed E-state index contributed by atoms with van der Waals surface area (Å²) in [6.07, 6.45) is 1.11. The first-order valence-corrected chi connectivity index (χ1v) is 15.2. The third kappa shape index (κ3) is 4.83. The fourth-order valence-electron chi connectivity index (χ4n) is 4.62. The molecule has 6 rings (SSSR count). The van der Waals surface area contributed by atoms with Gasteiger partial charge in [-0.25, -0.2) is 22.8 Å². The average Bonchev–Trinajstić information content (AvgIpc) is 3.57. The van der Waals surface area contributed by atoms with Gasteiger partial charge in [-0.1, -0.05) is 18.2 Å². The van der Waals surface area contributed by atoms with E-state index in [1.165, 1.54) is 49.7 Å². The third-order valence-corrected chi connectivity index (χ3v) is 8.99. The number of aromatic nitrogens is 2. The van der Waals surface area contributed by atoms with Crippen LogP contribution in [0.15, 0.2) is 83.3 Å². The number of sulfonamides is 1. The molecule has 0 atom stereocenters. The number of para-hydroxylation sites is 1. The highest BCUT2D eigenvalue weighted by Crippen LogP contribution is 2.41. The molecule has 6 aromatic rings. The number of thiazole rings is 1.